The zero-order valence-electron chi connectivity index (χ0n) is 22.1. The van der Waals surface area contributed by atoms with E-state index in [0.717, 1.165) is 53.9 Å². The van der Waals surface area contributed by atoms with Crippen LogP contribution in [0.15, 0.2) is 53.4 Å². The van der Waals surface area contributed by atoms with Crippen molar-refractivity contribution in [1.82, 2.24) is 0 Å². The smallest absolute Gasteiger partial charge is 0.341 e. The molecule has 0 bridgehead atoms. The molecule has 204 valence electrons. The van der Waals surface area contributed by atoms with Crippen molar-refractivity contribution in [3.05, 3.63) is 70.1 Å². The molecule has 0 fully saturated rings. The van der Waals surface area contributed by atoms with Gasteiger partial charge in [-0.25, -0.2) is 4.79 Å². The maximum atomic E-state index is 13.1. The molecule has 1 heterocycles. The van der Waals surface area contributed by atoms with Crippen molar-refractivity contribution in [1.29, 1.82) is 0 Å². The number of hydrogen-bond donors (Lipinski definition) is 3. The first kappa shape index (κ1) is 28.8. The van der Waals surface area contributed by atoms with Crippen molar-refractivity contribution >= 4 is 74.5 Å². The lowest BCUT2D eigenvalue weighted by Crippen LogP contribution is -2.23. The molecule has 1 unspecified atom stereocenters. The Kier molecular flexibility index (Phi) is 9.77. The third-order valence-electron chi connectivity index (χ3n) is 6.37. The monoisotopic (exact) mass is 581 g/mol. The number of anilines is 3. The fraction of sp³-hybridized carbons (Fsp3) is 0.310. The number of hydrogen-bond acceptors (Lipinski definition) is 7. The molecule has 0 aliphatic heterocycles. The number of amides is 1. The summed E-state index contributed by atoms with van der Waals surface area (Å²) in [6.45, 7) is 3.37. The molecule has 1 aliphatic carbocycles. The summed E-state index contributed by atoms with van der Waals surface area (Å²) in [7, 11) is 1.37. The Labute approximate surface area is 242 Å². The average Bonchev–Trinajstić information content (AvgIpc) is 3.08. The van der Waals surface area contributed by atoms with Crippen LogP contribution in [0, 0.1) is 0 Å². The minimum atomic E-state index is -0.405. The zero-order chi connectivity index (χ0) is 27.9. The first-order valence-electron chi connectivity index (χ1n) is 12.7. The number of thioether (sulfide) groups is 1. The van der Waals surface area contributed by atoms with E-state index >= 15 is 0 Å². The summed E-state index contributed by atoms with van der Waals surface area (Å²) in [5.74, 6) is -0.567. The third-order valence-corrected chi connectivity index (χ3v) is 8.88. The van der Waals surface area contributed by atoms with Gasteiger partial charge in [0.25, 0.3) is 0 Å². The largest absolute Gasteiger partial charge is 0.465 e. The van der Waals surface area contributed by atoms with Gasteiger partial charge >= 0.3 is 5.97 Å². The number of benzene rings is 2. The highest BCUT2D eigenvalue weighted by Gasteiger charge is 2.27. The summed E-state index contributed by atoms with van der Waals surface area (Å²) < 4.78 is 5.05. The zero-order valence-corrected chi connectivity index (χ0v) is 24.5. The summed E-state index contributed by atoms with van der Waals surface area (Å²) in [5.41, 5.74) is 3.72. The lowest BCUT2D eigenvalue weighted by molar-refractivity contribution is -0.115. The molecule has 2 aromatic carbocycles. The first-order valence-corrected chi connectivity index (χ1v) is 14.8. The molecule has 7 nitrogen and oxygen atoms in total. The van der Waals surface area contributed by atoms with Gasteiger partial charge in [-0.3, -0.25) is 9.59 Å². The number of fused-ring (bicyclic) bond motifs is 1. The third kappa shape index (κ3) is 7.46. The molecule has 1 atom stereocenters. The van der Waals surface area contributed by atoms with E-state index in [9.17, 15) is 14.4 Å². The van der Waals surface area contributed by atoms with Crippen molar-refractivity contribution in [2.75, 3.05) is 23.1 Å². The van der Waals surface area contributed by atoms with Gasteiger partial charge in [0.05, 0.1) is 17.9 Å². The highest BCUT2D eigenvalue weighted by molar-refractivity contribution is 8.00. The fourth-order valence-corrected chi connectivity index (χ4v) is 6.79. The molecular formula is C29H31N3O4S3. The Bertz CT molecular complexity index is 1380. The molecule has 0 radical (unpaired) electrons. The Balaban J connectivity index is 1.38. The predicted molar refractivity (Wildman–Crippen MR) is 164 cm³/mol. The second-order valence-electron chi connectivity index (χ2n) is 9.25. The summed E-state index contributed by atoms with van der Waals surface area (Å²) in [6, 6.07) is 14.7. The number of aryl methyl sites for hydroxylation is 1. The molecule has 4 rings (SSSR count). The van der Waals surface area contributed by atoms with E-state index in [1.54, 1.807) is 24.3 Å². The Morgan fingerprint density at radius 1 is 0.974 bits per heavy atom. The van der Waals surface area contributed by atoms with Gasteiger partial charge in [0.15, 0.2) is 10.9 Å². The van der Waals surface area contributed by atoms with Crippen molar-refractivity contribution in [2.45, 2.75) is 56.1 Å². The number of methoxy groups -OCH3 is 1. The molecule has 3 aromatic rings. The van der Waals surface area contributed by atoms with Gasteiger partial charge in [-0.15, -0.1) is 23.1 Å². The SMILES string of the molecule is COC(=O)c1c(NC(=O)C(C)Sc2cccc(NC(=S)Nc3ccc(C(C)=O)cc3)c2)sc2c1CCCCC2. The summed E-state index contributed by atoms with van der Waals surface area (Å²) in [6.07, 6.45) is 5.01. The maximum absolute atomic E-state index is 13.1. The quantitative estimate of drug-likeness (QED) is 0.0866. The second kappa shape index (κ2) is 13.2. The molecule has 1 aromatic heterocycles. The standard InChI is InChI=1S/C29H31N3O4S3/c1-17(33)19-12-14-20(15-13-19)30-29(37)31-21-8-7-9-22(16-21)38-18(2)26(34)32-27-25(28(35)36-3)23-10-5-4-6-11-24(23)39-27/h7-9,12-16,18H,4-6,10-11H2,1-3H3,(H,32,34)(H2,30,31,37). The number of Topliss-reactive ketones (excluding diaryl/α,β-unsaturated/α-hetero) is 1. The van der Waals surface area contributed by atoms with Crippen molar-refractivity contribution in [3.8, 4) is 0 Å². The van der Waals surface area contributed by atoms with Crippen LogP contribution in [0.2, 0.25) is 0 Å². The number of nitrogens with one attached hydrogen (secondary N) is 3. The van der Waals surface area contributed by atoms with Crippen LogP contribution in [0.25, 0.3) is 0 Å². The Hall–Kier alpha value is -3.21. The molecule has 10 heteroatoms. The highest BCUT2D eigenvalue weighted by atomic mass is 32.2. The van der Waals surface area contributed by atoms with Gasteiger partial charge in [-0.2, -0.15) is 0 Å². The topological polar surface area (TPSA) is 96.5 Å². The van der Waals surface area contributed by atoms with E-state index < -0.39 is 11.2 Å². The number of esters is 1. The fourth-order valence-electron chi connectivity index (χ4n) is 4.35. The van der Waals surface area contributed by atoms with Gasteiger partial charge < -0.3 is 20.7 Å². The molecule has 39 heavy (non-hydrogen) atoms. The van der Waals surface area contributed by atoms with Crippen LogP contribution in [-0.2, 0) is 22.4 Å². The molecular weight excluding hydrogens is 551 g/mol. The van der Waals surface area contributed by atoms with Crippen molar-refractivity contribution in [3.63, 3.8) is 0 Å². The molecule has 0 saturated heterocycles. The van der Waals surface area contributed by atoms with E-state index in [-0.39, 0.29) is 11.7 Å². The Morgan fingerprint density at radius 2 is 1.69 bits per heavy atom. The van der Waals surface area contributed by atoms with Crippen LogP contribution in [0.3, 0.4) is 0 Å². The van der Waals surface area contributed by atoms with E-state index in [1.807, 2.05) is 31.2 Å². The molecule has 0 spiro atoms. The summed E-state index contributed by atoms with van der Waals surface area (Å²) in [5, 5.41) is 9.85. The number of thiophene rings is 1. The van der Waals surface area contributed by atoms with Crippen LogP contribution in [0.1, 0.15) is 64.3 Å². The number of carbonyl (C=O) groups excluding carboxylic acids is 3. The second-order valence-corrected chi connectivity index (χ2v) is 12.2. The first-order chi connectivity index (χ1) is 18.7. The minimum Gasteiger partial charge on any atom is -0.465 e. The van der Waals surface area contributed by atoms with Crippen LogP contribution < -0.4 is 16.0 Å². The number of thiocarbonyl (C=S) groups is 1. The van der Waals surface area contributed by atoms with Crippen LogP contribution >= 0.6 is 35.3 Å². The number of rotatable bonds is 8. The van der Waals surface area contributed by atoms with Crippen molar-refractivity contribution in [2.24, 2.45) is 0 Å². The average molecular weight is 582 g/mol. The Morgan fingerprint density at radius 3 is 2.41 bits per heavy atom. The highest BCUT2D eigenvalue weighted by Crippen LogP contribution is 2.38. The van der Waals surface area contributed by atoms with Gasteiger partial charge in [-0.05, 0) is 99.8 Å². The summed E-state index contributed by atoms with van der Waals surface area (Å²) in [4.78, 5) is 39.3. The van der Waals surface area contributed by atoms with Crippen LogP contribution in [0.5, 0.6) is 0 Å². The predicted octanol–water partition coefficient (Wildman–Crippen LogP) is 6.93. The maximum Gasteiger partial charge on any atom is 0.341 e. The van der Waals surface area contributed by atoms with Crippen LogP contribution in [-0.4, -0.2) is 35.1 Å². The minimum absolute atomic E-state index is 0.00768. The van der Waals surface area contributed by atoms with Crippen molar-refractivity contribution < 1.29 is 19.1 Å². The molecule has 1 amide bonds. The van der Waals surface area contributed by atoms with Gasteiger partial charge in [0.2, 0.25) is 5.91 Å². The van der Waals surface area contributed by atoms with Crippen LogP contribution in [0.4, 0.5) is 16.4 Å². The lowest BCUT2D eigenvalue weighted by Gasteiger charge is -2.14. The van der Waals surface area contributed by atoms with Gasteiger partial charge in [0, 0.05) is 26.7 Å². The van der Waals surface area contributed by atoms with E-state index in [0.29, 0.717) is 21.2 Å². The molecule has 3 N–H and O–H groups in total. The molecule has 1 aliphatic rings. The summed E-state index contributed by atoms with van der Waals surface area (Å²) >= 11 is 8.35. The lowest BCUT2D eigenvalue weighted by atomic mass is 10.1. The van der Waals surface area contributed by atoms with E-state index in [1.165, 1.54) is 42.0 Å². The van der Waals surface area contributed by atoms with Gasteiger partial charge in [-0.1, -0.05) is 12.5 Å². The number of ether oxygens (including phenoxy) is 1. The van der Waals surface area contributed by atoms with E-state index in [4.69, 9.17) is 17.0 Å². The molecule has 0 saturated carbocycles. The number of ketones is 1. The van der Waals surface area contributed by atoms with Gasteiger partial charge in [0.1, 0.15) is 5.00 Å². The van der Waals surface area contributed by atoms with E-state index in [2.05, 4.69) is 16.0 Å². The normalized spacial score (nSPS) is 13.4. The number of carbonyl (C=O) groups is 3.